The number of ether oxygens (including phenoxy) is 3. The van der Waals surface area contributed by atoms with Crippen LogP contribution in [0.3, 0.4) is 0 Å². The van der Waals surface area contributed by atoms with Crippen LogP contribution in [0, 0.1) is 5.41 Å². The fourth-order valence-electron chi connectivity index (χ4n) is 1.27. The number of para-hydroxylation sites is 1. The summed E-state index contributed by atoms with van der Waals surface area (Å²) in [6, 6.07) is 5.23. The highest BCUT2D eigenvalue weighted by atomic mass is 16.5. The van der Waals surface area contributed by atoms with E-state index in [1.165, 1.54) is 14.2 Å². The van der Waals surface area contributed by atoms with Gasteiger partial charge >= 0.3 is 5.97 Å². The summed E-state index contributed by atoms with van der Waals surface area (Å²) in [7, 11) is 3.04. The van der Waals surface area contributed by atoms with Gasteiger partial charge in [0.25, 0.3) is 0 Å². The highest BCUT2D eigenvalue weighted by molar-refractivity contribution is 5.73. The summed E-state index contributed by atoms with van der Waals surface area (Å²) in [6.45, 7) is 3.22. The lowest BCUT2D eigenvalue weighted by Gasteiger charge is -2.21. The molecule has 0 aromatic heterocycles. The minimum absolute atomic E-state index is 0.0269. The van der Waals surface area contributed by atoms with Gasteiger partial charge in [-0.3, -0.25) is 4.79 Å². The van der Waals surface area contributed by atoms with Crippen molar-refractivity contribution in [3.63, 3.8) is 0 Å². The molecule has 0 amide bonds. The van der Waals surface area contributed by atoms with E-state index in [4.69, 9.17) is 19.3 Å². The number of benzene rings is 1. The third kappa shape index (κ3) is 3.06. The first-order chi connectivity index (χ1) is 8.42. The van der Waals surface area contributed by atoms with Crippen molar-refractivity contribution in [3.05, 3.63) is 18.2 Å². The molecule has 5 heteroatoms. The molecule has 0 spiro atoms. The van der Waals surface area contributed by atoms with Crippen molar-refractivity contribution in [1.29, 1.82) is 0 Å². The lowest BCUT2D eigenvalue weighted by atomic mass is 9.95. The Kier molecular flexibility index (Phi) is 4.42. The molecule has 0 unspecified atom stereocenters. The van der Waals surface area contributed by atoms with Gasteiger partial charge in [0, 0.05) is 0 Å². The van der Waals surface area contributed by atoms with Crippen LogP contribution in [-0.2, 0) is 4.79 Å². The van der Waals surface area contributed by atoms with Crippen molar-refractivity contribution in [2.75, 3.05) is 20.8 Å². The summed E-state index contributed by atoms with van der Waals surface area (Å²) in [5.74, 6) is 0.513. The fraction of sp³-hybridized carbons (Fsp3) is 0.462. The molecule has 0 aliphatic rings. The highest BCUT2D eigenvalue weighted by Crippen LogP contribution is 2.37. The van der Waals surface area contributed by atoms with Gasteiger partial charge < -0.3 is 19.3 Å². The number of carbonyl (C=O) groups is 1. The van der Waals surface area contributed by atoms with E-state index in [2.05, 4.69) is 0 Å². The van der Waals surface area contributed by atoms with E-state index in [9.17, 15) is 4.79 Å². The molecule has 0 saturated heterocycles. The molecule has 0 fully saturated rings. The zero-order valence-corrected chi connectivity index (χ0v) is 11.0. The van der Waals surface area contributed by atoms with Crippen LogP contribution in [0.15, 0.2) is 18.2 Å². The molecule has 0 aliphatic carbocycles. The fourth-order valence-corrected chi connectivity index (χ4v) is 1.27. The van der Waals surface area contributed by atoms with Gasteiger partial charge in [0.1, 0.15) is 6.61 Å². The van der Waals surface area contributed by atoms with E-state index in [0.29, 0.717) is 17.2 Å². The highest BCUT2D eigenvalue weighted by Gasteiger charge is 2.29. The molecule has 0 aliphatic heterocycles. The summed E-state index contributed by atoms with van der Waals surface area (Å²) in [5, 5.41) is 9.03. The van der Waals surface area contributed by atoms with Gasteiger partial charge in [-0.25, -0.2) is 0 Å². The van der Waals surface area contributed by atoms with Crippen molar-refractivity contribution >= 4 is 5.97 Å². The van der Waals surface area contributed by atoms with Crippen molar-refractivity contribution < 1.29 is 24.1 Å². The molecular weight excluding hydrogens is 236 g/mol. The lowest BCUT2D eigenvalue weighted by Crippen LogP contribution is -2.30. The molecule has 100 valence electrons. The molecule has 1 aromatic rings. The van der Waals surface area contributed by atoms with Crippen molar-refractivity contribution in [1.82, 2.24) is 0 Å². The largest absolute Gasteiger partial charge is 0.493 e. The maximum absolute atomic E-state index is 11.0. The van der Waals surface area contributed by atoms with Crippen LogP contribution >= 0.6 is 0 Å². The van der Waals surface area contributed by atoms with Gasteiger partial charge in [-0.15, -0.1) is 0 Å². The third-order valence-electron chi connectivity index (χ3n) is 2.54. The molecule has 1 N–H and O–H groups in total. The summed E-state index contributed by atoms with van der Waals surface area (Å²) in [4.78, 5) is 11.0. The number of methoxy groups -OCH3 is 2. The van der Waals surface area contributed by atoms with Gasteiger partial charge in [-0.1, -0.05) is 6.07 Å². The van der Waals surface area contributed by atoms with E-state index in [-0.39, 0.29) is 6.61 Å². The first kappa shape index (κ1) is 14.2. The lowest BCUT2D eigenvalue weighted by molar-refractivity contribution is -0.148. The summed E-state index contributed by atoms with van der Waals surface area (Å²) in [6.07, 6.45) is 0. The van der Waals surface area contributed by atoms with Crippen molar-refractivity contribution in [2.24, 2.45) is 5.41 Å². The predicted molar refractivity (Wildman–Crippen MR) is 66.5 cm³/mol. The molecule has 0 saturated carbocycles. The average molecular weight is 254 g/mol. The molecule has 0 radical (unpaired) electrons. The maximum Gasteiger partial charge on any atom is 0.312 e. The molecule has 0 bridgehead atoms. The number of carboxylic acid groups (broad SMARTS) is 1. The number of hydrogen-bond donors (Lipinski definition) is 1. The first-order valence-electron chi connectivity index (χ1n) is 5.49. The van der Waals surface area contributed by atoms with E-state index in [1.54, 1.807) is 32.0 Å². The average Bonchev–Trinajstić information content (AvgIpc) is 2.35. The Bertz CT molecular complexity index is 403. The van der Waals surface area contributed by atoms with Crippen LogP contribution in [0.25, 0.3) is 0 Å². The molecule has 5 nitrogen and oxygen atoms in total. The summed E-state index contributed by atoms with van der Waals surface area (Å²) >= 11 is 0. The van der Waals surface area contributed by atoms with Crippen LogP contribution in [0.1, 0.15) is 13.8 Å². The Morgan fingerprint density at radius 2 is 1.72 bits per heavy atom. The zero-order chi connectivity index (χ0) is 13.8. The van der Waals surface area contributed by atoms with Gasteiger partial charge in [0.2, 0.25) is 5.75 Å². The van der Waals surface area contributed by atoms with Crippen LogP contribution in [0.5, 0.6) is 17.2 Å². The number of hydrogen-bond acceptors (Lipinski definition) is 4. The summed E-state index contributed by atoms with van der Waals surface area (Å²) in [5.41, 5.74) is -0.980. The molecule has 0 heterocycles. The SMILES string of the molecule is COc1cccc(OC)c1OCC(C)(C)C(=O)O. The van der Waals surface area contributed by atoms with E-state index < -0.39 is 11.4 Å². The Morgan fingerprint density at radius 3 is 2.11 bits per heavy atom. The summed E-state index contributed by atoms with van der Waals surface area (Å²) < 4.78 is 15.9. The molecular formula is C13H18O5. The minimum Gasteiger partial charge on any atom is -0.493 e. The maximum atomic E-state index is 11.0. The normalized spacial score (nSPS) is 10.9. The van der Waals surface area contributed by atoms with Crippen LogP contribution in [0.2, 0.25) is 0 Å². The molecule has 18 heavy (non-hydrogen) atoms. The smallest absolute Gasteiger partial charge is 0.312 e. The Labute approximate surface area is 106 Å². The first-order valence-corrected chi connectivity index (χ1v) is 5.49. The van der Waals surface area contributed by atoms with Crippen LogP contribution in [0.4, 0.5) is 0 Å². The van der Waals surface area contributed by atoms with E-state index in [1.807, 2.05) is 0 Å². The van der Waals surface area contributed by atoms with Gasteiger partial charge in [-0.2, -0.15) is 0 Å². The molecule has 0 atom stereocenters. The Morgan fingerprint density at radius 1 is 1.22 bits per heavy atom. The second kappa shape index (κ2) is 5.62. The Hall–Kier alpha value is -1.91. The number of aliphatic carboxylic acids is 1. The molecule has 1 rings (SSSR count). The van der Waals surface area contributed by atoms with E-state index >= 15 is 0 Å². The number of rotatable bonds is 6. The van der Waals surface area contributed by atoms with Crippen LogP contribution < -0.4 is 14.2 Å². The minimum atomic E-state index is -0.980. The second-order valence-corrected chi connectivity index (χ2v) is 4.47. The standard InChI is InChI=1S/C13H18O5/c1-13(2,12(14)15)8-18-11-9(16-3)6-5-7-10(11)17-4/h5-7H,8H2,1-4H3,(H,14,15). The van der Waals surface area contributed by atoms with Crippen LogP contribution in [-0.4, -0.2) is 31.9 Å². The van der Waals surface area contributed by atoms with Gasteiger partial charge in [0.05, 0.1) is 19.6 Å². The molecule has 1 aromatic carbocycles. The van der Waals surface area contributed by atoms with Gasteiger partial charge in [0.15, 0.2) is 11.5 Å². The Balaban J connectivity index is 2.93. The quantitative estimate of drug-likeness (QED) is 0.843. The van der Waals surface area contributed by atoms with Crippen molar-refractivity contribution in [2.45, 2.75) is 13.8 Å². The van der Waals surface area contributed by atoms with E-state index in [0.717, 1.165) is 0 Å². The topological polar surface area (TPSA) is 65.0 Å². The van der Waals surface area contributed by atoms with Gasteiger partial charge in [-0.05, 0) is 26.0 Å². The predicted octanol–water partition coefficient (Wildman–Crippen LogP) is 2.19. The zero-order valence-electron chi connectivity index (χ0n) is 11.0. The second-order valence-electron chi connectivity index (χ2n) is 4.47. The monoisotopic (exact) mass is 254 g/mol. The van der Waals surface area contributed by atoms with Crippen molar-refractivity contribution in [3.8, 4) is 17.2 Å². The third-order valence-corrected chi connectivity index (χ3v) is 2.54. The number of carboxylic acids is 1.